The predicted octanol–water partition coefficient (Wildman–Crippen LogP) is 1.02. The molecule has 0 saturated carbocycles. The Kier molecular flexibility index (Phi) is 4.20. The van der Waals surface area contributed by atoms with Gasteiger partial charge < -0.3 is 11.1 Å². The topological polar surface area (TPSA) is 58.4 Å². The quantitative estimate of drug-likeness (QED) is 0.781. The summed E-state index contributed by atoms with van der Waals surface area (Å²) in [5.41, 5.74) is 7.94. The van der Waals surface area contributed by atoms with Gasteiger partial charge in [-0.15, -0.1) is 0 Å². The van der Waals surface area contributed by atoms with Crippen molar-refractivity contribution < 1.29 is 4.79 Å². The summed E-state index contributed by atoms with van der Waals surface area (Å²) in [5, 5.41) is 2.74. The number of rotatable bonds is 4. The highest BCUT2D eigenvalue weighted by molar-refractivity contribution is 5.81. The first-order chi connectivity index (χ1) is 8.72. The lowest BCUT2D eigenvalue weighted by Crippen LogP contribution is -2.42. The molecular formula is C14H21N3O. The number of para-hydroxylation sites is 1. The maximum atomic E-state index is 11.7. The van der Waals surface area contributed by atoms with E-state index in [0.717, 1.165) is 38.0 Å². The van der Waals surface area contributed by atoms with Gasteiger partial charge in [-0.25, -0.2) is 0 Å². The first kappa shape index (κ1) is 12.9. The molecule has 1 atom stereocenters. The Bertz CT molecular complexity index is 419. The molecule has 1 saturated heterocycles. The summed E-state index contributed by atoms with van der Waals surface area (Å²) in [6, 6.07) is 7.98. The SMILES string of the molecule is CNC(=O)C1CCCN1CCc1ccccc1N. The second-order valence-corrected chi connectivity index (χ2v) is 4.76. The average molecular weight is 247 g/mol. The van der Waals surface area contributed by atoms with Crippen LogP contribution in [-0.4, -0.2) is 37.0 Å². The third-order valence-electron chi connectivity index (χ3n) is 3.64. The lowest BCUT2D eigenvalue weighted by molar-refractivity contribution is -0.124. The van der Waals surface area contributed by atoms with Crippen molar-refractivity contribution >= 4 is 11.6 Å². The molecule has 0 radical (unpaired) electrons. The van der Waals surface area contributed by atoms with Gasteiger partial charge in [0.25, 0.3) is 0 Å². The number of nitrogen functional groups attached to an aromatic ring is 1. The maximum absolute atomic E-state index is 11.7. The van der Waals surface area contributed by atoms with Crippen LogP contribution in [0.2, 0.25) is 0 Å². The first-order valence-corrected chi connectivity index (χ1v) is 6.51. The molecule has 2 rings (SSSR count). The highest BCUT2D eigenvalue weighted by Gasteiger charge is 2.29. The Balaban J connectivity index is 1.94. The van der Waals surface area contributed by atoms with E-state index in [1.54, 1.807) is 7.05 Å². The molecule has 1 aliphatic rings. The minimum atomic E-state index is 0.0416. The summed E-state index contributed by atoms with van der Waals surface area (Å²) in [6.07, 6.45) is 2.96. The summed E-state index contributed by atoms with van der Waals surface area (Å²) in [4.78, 5) is 14.0. The van der Waals surface area contributed by atoms with Gasteiger partial charge in [-0.2, -0.15) is 0 Å². The smallest absolute Gasteiger partial charge is 0.237 e. The van der Waals surface area contributed by atoms with Gasteiger partial charge in [-0.05, 0) is 37.4 Å². The Morgan fingerprint density at radius 2 is 2.28 bits per heavy atom. The van der Waals surface area contributed by atoms with Crippen LogP contribution in [0.15, 0.2) is 24.3 Å². The number of likely N-dealkylation sites (tertiary alicyclic amines) is 1. The standard InChI is InChI=1S/C14H21N3O/c1-16-14(18)13-7-4-9-17(13)10-8-11-5-2-3-6-12(11)15/h2-3,5-6,13H,4,7-10,15H2,1H3,(H,16,18). The Hall–Kier alpha value is -1.55. The Labute approximate surface area is 108 Å². The van der Waals surface area contributed by atoms with Gasteiger partial charge >= 0.3 is 0 Å². The van der Waals surface area contributed by atoms with Crippen LogP contribution in [-0.2, 0) is 11.2 Å². The van der Waals surface area contributed by atoms with E-state index in [4.69, 9.17) is 5.73 Å². The molecule has 0 aliphatic carbocycles. The molecule has 3 N–H and O–H groups in total. The fourth-order valence-electron chi connectivity index (χ4n) is 2.58. The van der Waals surface area contributed by atoms with E-state index in [1.807, 2.05) is 18.2 Å². The average Bonchev–Trinajstić information content (AvgIpc) is 2.85. The van der Waals surface area contributed by atoms with E-state index in [-0.39, 0.29) is 11.9 Å². The molecule has 0 spiro atoms. The van der Waals surface area contributed by atoms with Gasteiger partial charge in [0, 0.05) is 19.3 Å². The molecule has 0 aromatic heterocycles. The molecule has 0 bridgehead atoms. The van der Waals surface area contributed by atoms with Gasteiger partial charge in [0.2, 0.25) is 5.91 Å². The monoisotopic (exact) mass is 247 g/mol. The van der Waals surface area contributed by atoms with Crippen molar-refractivity contribution in [1.82, 2.24) is 10.2 Å². The predicted molar refractivity (Wildman–Crippen MR) is 73.2 cm³/mol. The number of likely N-dealkylation sites (N-methyl/N-ethyl adjacent to an activating group) is 1. The number of hydrogen-bond donors (Lipinski definition) is 2. The molecule has 1 aromatic carbocycles. The third kappa shape index (κ3) is 2.82. The number of anilines is 1. The number of hydrogen-bond acceptors (Lipinski definition) is 3. The van der Waals surface area contributed by atoms with Crippen LogP contribution < -0.4 is 11.1 Å². The molecule has 1 heterocycles. The van der Waals surface area contributed by atoms with Crippen molar-refractivity contribution in [3.8, 4) is 0 Å². The molecule has 4 heteroatoms. The number of carbonyl (C=O) groups is 1. The zero-order chi connectivity index (χ0) is 13.0. The second-order valence-electron chi connectivity index (χ2n) is 4.76. The molecule has 1 amide bonds. The molecule has 18 heavy (non-hydrogen) atoms. The number of nitrogens with zero attached hydrogens (tertiary/aromatic N) is 1. The molecule has 1 unspecified atom stereocenters. The van der Waals surface area contributed by atoms with Crippen LogP contribution in [0.4, 0.5) is 5.69 Å². The van der Waals surface area contributed by atoms with E-state index in [2.05, 4.69) is 16.3 Å². The minimum absolute atomic E-state index is 0.0416. The zero-order valence-electron chi connectivity index (χ0n) is 10.9. The number of nitrogens with two attached hydrogens (primary N) is 1. The Morgan fingerprint density at radius 3 is 3.00 bits per heavy atom. The lowest BCUT2D eigenvalue weighted by Gasteiger charge is -2.23. The van der Waals surface area contributed by atoms with E-state index in [1.165, 1.54) is 5.56 Å². The lowest BCUT2D eigenvalue weighted by atomic mass is 10.1. The normalized spacial score (nSPS) is 19.9. The molecule has 1 fully saturated rings. The fraction of sp³-hybridized carbons (Fsp3) is 0.500. The summed E-state index contributed by atoms with van der Waals surface area (Å²) < 4.78 is 0. The maximum Gasteiger partial charge on any atom is 0.237 e. The van der Waals surface area contributed by atoms with Crippen LogP contribution in [0.1, 0.15) is 18.4 Å². The zero-order valence-corrected chi connectivity index (χ0v) is 10.9. The summed E-state index contributed by atoms with van der Waals surface area (Å²) in [7, 11) is 1.70. The molecular weight excluding hydrogens is 226 g/mol. The summed E-state index contributed by atoms with van der Waals surface area (Å²) in [5.74, 6) is 0.133. The largest absolute Gasteiger partial charge is 0.399 e. The van der Waals surface area contributed by atoms with Crippen molar-refractivity contribution in [1.29, 1.82) is 0 Å². The first-order valence-electron chi connectivity index (χ1n) is 6.51. The van der Waals surface area contributed by atoms with Crippen molar-refractivity contribution in [2.24, 2.45) is 0 Å². The van der Waals surface area contributed by atoms with Crippen molar-refractivity contribution in [2.45, 2.75) is 25.3 Å². The molecule has 98 valence electrons. The van der Waals surface area contributed by atoms with E-state index >= 15 is 0 Å². The van der Waals surface area contributed by atoms with E-state index in [0.29, 0.717) is 0 Å². The van der Waals surface area contributed by atoms with E-state index < -0.39 is 0 Å². The number of benzene rings is 1. The van der Waals surface area contributed by atoms with Gasteiger partial charge in [0.15, 0.2) is 0 Å². The van der Waals surface area contributed by atoms with Crippen molar-refractivity contribution in [3.05, 3.63) is 29.8 Å². The molecule has 1 aromatic rings. The van der Waals surface area contributed by atoms with Crippen LogP contribution >= 0.6 is 0 Å². The highest BCUT2D eigenvalue weighted by Crippen LogP contribution is 2.19. The van der Waals surface area contributed by atoms with E-state index in [9.17, 15) is 4.79 Å². The Morgan fingerprint density at radius 1 is 1.50 bits per heavy atom. The van der Waals surface area contributed by atoms with Crippen LogP contribution in [0.3, 0.4) is 0 Å². The number of carbonyl (C=O) groups excluding carboxylic acids is 1. The van der Waals surface area contributed by atoms with Crippen LogP contribution in [0.5, 0.6) is 0 Å². The molecule has 1 aliphatic heterocycles. The fourth-order valence-corrected chi connectivity index (χ4v) is 2.58. The number of nitrogens with one attached hydrogen (secondary N) is 1. The number of amides is 1. The second kappa shape index (κ2) is 5.87. The van der Waals surface area contributed by atoms with Gasteiger partial charge in [-0.3, -0.25) is 9.69 Å². The summed E-state index contributed by atoms with van der Waals surface area (Å²) >= 11 is 0. The van der Waals surface area contributed by atoms with Gasteiger partial charge in [0.1, 0.15) is 0 Å². The van der Waals surface area contributed by atoms with Crippen LogP contribution in [0, 0.1) is 0 Å². The highest BCUT2D eigenvalue weighted by atomic mass is 16.2. The van der Waals surface area contributed by atoms with Crippen molar-refractivity contribution in [2.75, 3.05) is 25.9 Å². The third-order valence-corrected chi connectivity index (χ3v) is 3.64. The molecule has 4 nitrogen and oxygen atoms in total. The summed E-state index contributed by atoms with van der Waals surface area (Å²) in [6.45, 7) is 1.90. The van der Waals surface area contributed by atoms with Crippen LogP contribution in [0.25, 0.3) is 0 Å². The minimum Gasteiger partial charge on any atom is -0.399 e. The van der Waals surface area contributed by atoms with Crippen molar-refractivity contribution in [3.63, 3.8) is 0 Å². The van der Waals surface area contributed by atoms with Gasteiger partial charge in [-0.1, -0.05) is 18.2 Å². The van der Waals surface area contributed by atoms with Gasteiger partial charge in [0.05, 0.1) is 6.04 Å².